The van der Waals surface area contributed by atoms with Gasteiger partial charge in [-0.1, -0.05) is 291 Å². The lowest BCUT2D eigenvalue weighted by Gasteiger charge is -2.50. The molecule has 354 valence electrons. The first-order valence-electron chi connectivity index (χ1n) is 25.4. The van der Waals surface area contributed by atoms with Gasteiger partial charge in [0, 0.05) is 65.6 Å². The van der Waals surface area contributed by atoms with Crippen LogP contribution in [0, 0.1) is 0 Å². The van der Waals surface area contributed by atoms with Gasteiger partial charge in [-0.15, -0.1) is 0 Å². The largest absolute Gasteiger partial charge is 0.313 e. The van der Waals surface area contributed by atoms with Crippen LogP contribution in [0.3, 0.4) is 0 Å². The Balaban J connectivity index is 1.20. The van der Waals surface area contributed by atoms with Gasteiger partial charge >= 0.3 is 0 Å². The molecule has 11 aromatic carbocycles. The second-order valence-corrected chi connectivity index (χ2v) is 27.4. The summed E-state index contributed by atoms with van der Waals surface area (Å²) in [5, 5.41) is 10.6. The summed E-state index contributed by atoms with van der Waals surface area (Å²) in [6.07, 6.45) is 0. The maximum Gasteiger partial charge on any atom is 0.0590 e. The van der Waals surface area contributed by atoms with Crippen LogP contribution in [-0.2, 0) is 0 Å². The fraction of sp³-hybridized carbons (Fsp3) is 0.0294. The molecule has 74 heavy (non-hydrogen) atoms. The predicted octanol–water partition coefficient (Wildman–Crippen LogP) is 14.5. The average molecular weight is 1020 g/mol. The fourth-order valence-electron chi connectivity index (χ4n) is 11.2. The average Bonchev–Trinajstić information content (AvgIpc) is 3.49. The molecule has 6 heteroatoms. The molecular formula is C68H52N2P4. The summed E-state index contributed by atoms with van der Waals surface area (Å²) in [5.74, 6) is -0.0410. The molecule has 0 aliphatic heterocycles. The highest BCUT2D eigenvalue weighted by Crippen LogP contribution is 2.68. The van der Waals surface area contributed by atoms with E-state index in [1.807, 2.05) is 0 Å². The van der Waals surface area contributed by atoms with Crippen molar-refractivity contribution in [3.8, 4) is 0 Å². The summed E-state index contributed by atoms with van der Waals surface area (Å²) in [4.78, 5) is 0. The van der Waals surface area contributed by atoms with E-state index in [1.165, 1.54) is 87.2 Å². The minimum absolute atomic E-state index is 0.0205. The highest BCUT2D eigenvalue weighted by atomic mass is 31.2. The molecule has 0 fully saturated rings. The Bertz CT molecular complexity index is 3030. The maximum atomic E-state index is 2.94. The van der Waals surface area contributed by atoms with Crippen molar-refractivity contribution >= 4 is 86.1 Å². The summed E-state index contributed by atoms with van der Waals surface area (Å²) >= 11 is 0. The Labute approximate surface area is 440 Å². The summed E-state index contributed by atoms with van der Waals surface area (Å²) in [6, 6.07) is 115. The van der Waals surface area contributed by atoms with Crippen LogP contribution in [0.1, 0.15) is 45.2 Å². The van der Waals surface area contributed by atoms with E-state index >= 15 is 0 Å². The standard InChI is InChI=1S/C68H52N2P4/c1-9-29-51(30-10-1)71(52-31-11-2-12-32-52)69(72(53-33-13-3-14-34-53)54-35-15-4-16-36-54)63-49-50-64(68-66-61-47-27-25-45-59(61)65(67(63)68)60-46-26-28-48-62(60)66)70(73(55-37-17-5-18-38-55)56-39-19-6-20-40-56)74(57-41-21-7-22-42-57)58-43-23-8-24-44-58/h1-50,65-66H. The molecule has 0 atom stereocenters. The zero-order valence-corrected chi connectivity index (χ0v) is 44.3. The van der Waals surface area contributed by atoms with E-state index in [4.69, 9.17) is 0 Å². The summed E-state index contributed by atoms with van der Waals surface area (Å²) in [6.45, 7) is 0. The van der Waals surface area contributed by atoms with Crippen LogP contribution in [0.15, 0.2) is 303 Å². The van der Waals surface area contributed by atoms with Crippen molar-refractivity contribution in [2.75, 3.05) is 8.88 Å². The van der Waals surface area contributed by atoms with E-state index in [1.54, 1.807) is 0 Å². The van der Waals surface area contributed by atoms with E-state index in [-0.39, 0.29) is 11.8 Å². The van der Waals surface area contributed by atoms with E-state index in [0.29, 0.717) is 0 Å². The second-order valence-electron chi connectivity index (χ2n) is 18.6. The molecule has 0 unspecified atom stereocenters. The molecule has 2 bridgehead atoms. The van der Waals surface area contributed by atoms with Crippen molar-refractivity contribution < 1.29 is 0 Å². The van der Waals surface area contributed by atoms with Crippen LogP contribution in [-0.4, -0.2) is 0 Å². The molecule has 0 saturated carbocycles. The van der Waals surface area contributed by atoms with Crippen molar-refractivity contribution in [2.24, 2.45) is 0 Å². The van der Waals surface area contributed by atoms with Gasteiger partial charge in [0.1, 0.15) is 0 Å². The van der Waals surface area contributed by atoms with Gasteiger partial charge in [-0.05, 0) is 45.5 Å². The number of hydrogen-bond donors (Lipinski definition) is 0. The number of nitrogens with zero attached hydrogens (tertiary/aromatic N) is 2. The van der Waals surface area contributed by atoms with Gasteiger partial charge in [-0.3, -0.25) is 0 Å². The van der Waals surface area contributed by atoms with Crippen LogP contribution in [0.5, 0.6) is 0 Å². The van der Waals surface area contributed by atoms with Gasteiger partial charge < -0.3 is 8.88 Å². The Morgan fingerprint density at radius 3 is 0.527 bits per heavy atom. The topological polar surface area (TPSA) is 6.48 Å². The molecule has 0 spiro atoms. The smallest absolute Gasteiger partial charge is 0.0590 e. The lowest BCUT2D eigenvalue weighted by Crippen LogP contribution is -2.37. The highest BCUT2D eigenvalue weighted by Gasteiger charge is 2.48. The Hall–Kier alpha value is -7.26. The molecule has 3 aliphatic rings. The molecule has 11 aromatic rings. The van der Waals surface area contributed by atoms with E-state index in [9.17, 15) is 0 Å². The second kappa shape index (κ2) is 20.9. The molecule has 2 nitrogen and oxygen atoms in total. The predicted molar refractivity (Wildman–Crippen MR) is 322 cm³/mol. The highest BCUT2D eigenvalue weighted by molar-refractivity contribution is 7.91. The molecule has 0 aromatic heterocycles. The number of anilines is 2. The van der Waals surface area contributed by atoms with E-state index < -0.39 is 32.3 Å². The van der Waals surface area contributed by atoms with Gasteiger partial charge in [0.05, 0.1) is 32.3 Å². The molecule has 0 amide bonds. The summed E-state index contributed by atoms with van der Waals surface area (Å²) in [5.41, 5.74) is 11.1. The van der Waals surface area contributed by atoms with Gasteiger partial charge in [0.2, 0.25) is 0 Å². The first kappa shape index (κ1) is 46.5. The monoisotopic (exact) mass is 1020 g/mol. The Kier molecular flexibility index (Phi) is 13.2. The van der Waals surface area contributed by atoms with Crippen LogP contribution >= 0.6 is 32.3 Å². The van der Waals surface area contributed by atoms with Crippen LogP contribution < -0.4 is 51.3 Å². The molecule has 0 radical (unpaired) electrons. The summed E-state index contributed by atoms with van der Waals surface area (Å²) < 4.78 is 5.88. The SMILES string of the molecule is c1ccc(P(c2ccccc2)N(c2ccc(N(P(c3ccccc3)c3ccccc3)P(c3ccccc3)c3ccccc3)c3c2C2c4ccccc4C3c3ccccc32)P(c2ccccc2)c2ccccc2)cc1. The fourth-order valence-corrected chi connectivity index (χ4v) is 23.3. The van der Waals surface area contributed by atoms with Crippen molar-refractivity contribution in [1.29, 1.82) is 0 Å². The van der Waals surface area contributed by atoms with Gasteiger partial charge in [0.15, 0.2) is 0 Å². The van der Waals surface area contributed by atoms with Crippen molar-refractivity contribution in [2.45, 2.75) is 11.8 Å². The van der Waals surface area contributed by atoms with Crippen molar-refractivity contribution in [3.63, 3.8) is 0 Å². The van der Waals surface area contributed by atoms with Crippen LogP contribution in [0.25, 0.3) is 0 Å². The quantitative estimate of drug-likeness (QED) is 0.100. The molecular weight excluding hydrogens is 969 g/mol. The van der Waals surface area contributed by atoms with Gasteiger partial charge in [-0.2, -0.15) is 0 Å². The summed E-state index contributed by atoms with van der Waals surface area (Å²) in [7, 11) is -4.70. The first-order chi connectivity index (χ1) is 36.8. The van der Waals surface area contributed by atoms with Crippen LogP contribution in [0.2, 0.25) is 0 Å². The van der Waals surface area contributed by atoms with Gasteiger partial charge in [-0.25, -0.2) is 0 Å². The lowest BCUT2D eigenvalue weighted by atomic mass is 9.60. The van der Waals surface area contributed by atoms with Crippen LogP contribution in [0.4, 0.5) is 11.4 Å². The molecule has 0 N–H and O–H groups in total. The maximum absolute atomic E-state index is 2.94. The van der Waals surface area contributed by atoms with Crippen molar-refractivity contribution in [1.82, 2.24) is 0 Å². The van der Waals surface area contributed by atoms with Crippen molar-refractivity contribution in [3.05, 3.63) is 337 Å². The molecule has 14 rings (SSSR count). The Morgan fingerprint density at radius 2 is 0.351 bits per heavy atom. The number of rotatable bonds is 14. The van der Waals surface area contributed by atoms with Gasteiger partial charge in [0.25, 0.3) is 0 Å². The normalized spacial score (nSPS) is 14.2. The third-order valence-electron chi connectivity index (χ3n) is 14.2. The molecule has 3 aliphatic carbocycles. The van der Waals surface area contributed by atoms with E-state index in [2.05, 4.69) is 312 Å². The third kappa shape index (κ3) is 8.52. The minimum Gasteiger partial charge on any atom is -0.313 e. The van der Waals surface area contributed by atoms with E-state index in [0.717, 1.165) is 0 Å². The minimum atomic E-state index is -1.17. The zero-order valence-electron chi connectivity index (χ0n) is 40.7. The molecule has 0 saturated heterocycles. The number of hydrogen-bond acceptors (Lipinski definition) is 2. The Morgan fingerprint density at radius 1 is 0.189 bits per heavy atom. The zero-order chi connectivity index (χ0) is 49.2. The third-order valence-corrected chi connectivity index (χ3v) is 25.1. The molecule has 0 heterocycles. The first-order valence-corrected chi connectivity index (χ1v) is 30.5. The number of benzene rings is 11. The lowest BCUT2D eigenvalue weighted by molar-refractivity contribution is 0.757.